The lowest BCUT2D eigenvalue weighted by molar-refractivity contribution is 0.0974. The molecule has 0 unspecified atom stereocenters. The maximum atomic E-state index is 12.6. The number of carbonyl (C=O) groups is 2. The lowest BCUT2D eigenvalue weighted by Gasteiger charge is -2.20. The molecular weight excluding hydrogens is 693 g/mol. The summed E-state index contributed by atoms with van der Waals surface area (Å²) < 4.78 is 129. The highest BCUT2D eigenvalue weighted by Gasteiger charge is 2.38. The van der Waals surface area contributed by atoms with Crippen LogP contribution in [-0.4, -0.2) is 63.4 Å². The van der Waals surface area contributed by atoms with Crippen LogP contribution in [0.25, 0.3) is 11.1 Å². The highest BCUT2D eigenvalue weighted by Crippen LogP contribution is 2.37. The zero-order valence-corrected chi connectivity index (χ0v) is 25.9. The third-order valence-corrected chi connectivity index (χ3v) is 10.2. The Bertz CT molecular complexity index is 2310. The van der Waals surface area contributed by atoms with Crippen LogP contribution in [0.4, 0.5) is 11.4 Å². The van der Waals surface area contributed by atoms with E-state index < -0.39 is 88.4 Å². The maximum absolute atomic E-state index is 12.6. The molecule has 16 nitrogen and oxygen atoms in total. The molecule has 0 atom stereocenters. The van der Waals surface area contributed by atoms with Crippen LogP contribution < -0.4 is 11.5 Å². The van der Waals surface area contributed by atoms with E-state index in [2.05, 4.69) is 0 Å². The number of benzene rings is 4. The van der Waals surface area contributed by atoms with Crippen LogP contribution in [-0.2, 0) is 40.5 Å². The van der Waals surface area contributed by atoms with E-state index in [1.54, 1.807) is 0 Å². The minimum absolute atomic E-state index is 0.135. The molecule has 0 fully saturated rings. The van der Waals surface area contributed by atoms with Crippen LogP contribution in [0, 0.1) is 0 Å². The minimum atomic E-state index is -4.98. The molecule has 242 valence electrons. The molecule has 1 aliphatic carbocycles. The molecule has 0 spiro atoms. The zero-order valence-electron chi connectivity index (χ0n) is 22.6. The molecular formula is C26H20N2O14S4. The predicted molar refractivity (Wildman–Crippen MR) is 160 cm³/mol. The van der Waals surface area contributed by atoms with Gasteiger partial charge in [-0.15, -0.1) is 0 Å². The van der Waals surface area contributed by atoms with E-state index in [9.17, 15) is 61.5 Å². The zero-order chi connectivity index (χ0) is 34.6. The Morgan fingerprint density at radius 1 is 0.457 bits per heavy atom. The summed E-state index contributed by atoms with van der Waals surface area (Å²) in [5.74, 6) is -1.89. The van der Waals surface area contributed by atoms with Gasteiger partial charge in [0.2, 0.25) is 0 Å². The second kappa shape index (κ2) is 11.7. The highest BCUT2D eigenvalue weighted by atomic mass is 32.2. The fourth-order valence-electron chi connectivity index (χ4n) is 4.60. The van der Waals surface area contributed by atoms with E-state index in [1.165, 1.54) is 30.3 Å². The van der Waals surface area contributed by atoms with Crippen LogP contribution in [0.3, 0.4) is 0 Å². The summed E-state index contributed by atoms with van der Waals surface area (Å²) >= 11 is 0. The van der Waals surface area contributed by atoms with Gasteiger partial charge in [0.05, 0.1) is 16.8 Å². The molecule has 0 heterocycles. The topological polar surface area (TPSA) is 304 Å². The van der Waals surface area contributed by atoms with Crippen molar-refractivity contribution in [3.8, 4) is 11.1 Å². The number of rotatable bonds is 5. The fourth-order valence-corrected chi connectivity index (χ4v) is 8.18. The van der Waals surface area contributed by atoms with Crippen molar-refractivity contribution in [1.82, 2.24) is 0 Å². The summed E-state index contributed by atoms with van der Waals surface area (Å²) in [5, 5.41) is 0. The average molecular weight is 713 g/mol. The van der Waals surface area contributed by atoms with Crippen molar-refractivity contribution in [3.63, 3.8) is 0 Å². The van der Waals surface area contributed by atoms with Gasteiger partial charge in [-0.2, -0.15) is 33.7 Å². The van der Waals surface area contributed by atoms with E-state index >= 15 is 0 Å². The minimum Gasteiger partial charge on any atom is -0.399 e. The Hall–Kier alpha value is -4.54. The van der Waals surface area contributed by atoms with Gasteiger partial charge in [-0.1, -0.05) is 42.5 Å². The first-order valence-electron chi connectivity index (χ1n) is 12.1. The number of hydrogen-bond donors (Lipinski definition) is 6. The Morgan fingerprint density at radius 2 is 0.870 bits per heavy atom. The van der Waals surface area contributed by atoms with Crippen molar-refractivity contribution in [2.45, 2.75) is 19.6 Å². The van der Waals surface area contributed by atoms with E-state index in [1.807, 2.05) is 0 Å². The number of ketones is 2. The highest BCUT2D eigenvalue weighted by molar-refractivity contribution is 7.89. The molecule has 0 aromatic heterocycles. The van der Waals surface area contributed by atoms with E-state index in [0.29, 0.717) is 5.69 Å². The van der Waals surface area contributed by atoms with Gasteiger partial charge in [0.15, 0.2) is 11.6 Å². The molecule has 0 amide bonds. The van der Waals surface area contributed by atoms with Crippen LogP contribution in [0.2, 0.25) is 0 Å². The normalized spacial score (nSPS) is 13.3. The van der Waals surface area contributed by atoms with Gasteiger partial charge in [0.1, 0.15) is 19.6 Å². The van der Waals surface area contributed by atoms with Crippen molar-refractivity contribution in [2.75, 3.05) is 11.5 Å². The van der Waals surface area contributed by atoms with Crippen LogP contribution in [0.1, 0.15) is 31.8 Å². The Morgan fingerprint density at radius 3 is 1.24 bits per heavy atom. The first-order valence-corrected chi connectivity index (χ1v) is 17.8. The molecule has 20 heteroatoms. The molecule has 4 aromatic rings. The van der Waals surface area contributed by atoms with Gasteiger partial charge in [-0.25, -0.2) is 0 Å². The molecule has 46 heavy (non-hydrogen) atoms. The number of nitrogens with two attached hydrogens (primary N) is 2. The maximum Gasteiger partial charge on any atom is 0.298 e. The second-order valence-electron chi connectivity index (χ2n) is 9.40. The number of hydrogen-bond acceptors (Lipinski definition) is 12. The van der Waals surface area contributed by atoms with Crippen molar-refractivity contribution in [3.05, 3.63) is 95.1 Å². The third kappa shape index (κ3) is 6.54. The number of nitrogen functional groups attached to an aromatic ring is 2. The van der Waals surface area contributed by atoms with Crippen LogP contribution in [0.5, 0.6) is 0 Å². The van der Waals surface area contributed by atoms with Gasteiger partial charge in [0, 0.05) is 22.4 Å². The van der Waals surface area contributed by atoms with E-state index in [4.69, 9.17) is 11.5 Å². The Labute approximate surface area is 261 Å². The summed E-state index contributed by atoms with van der Waals surface area (Å²) in [6.45, 7) is 0. The second-order valence-corrected chi connectivity index (χ2v) is 14.9. The van der Waals surface area contributed by atoms with Gasteiger partial charge in [-0.3, -0.25) is 27.8 Å². The molecule has 0 bridgehead atoms. The average Bonchev–Trinajstić information content (AvgIpc) is 2.94. The third-order valence-electron chi connectivity index (χ3n) is 6.43. The molecule has 0 aliphatic heterocycles. The summed E-state index contributed by atoms with van der Waals surface area (Å²) in [6, 6.07) is 14.6. The lowest BCUT2D eigenvalue weighted by Crippen LogP contribution is -2.25. The molecule has 5 rings (SSSR count). The SMILES string of the molecule is Nc1ccc(-c2ccc(N)c(S(=O)(=O)O)c2S(=O)(=O)O)cc1.O=C1c2cccc(S(=O)(=O)O)c2C(=O)c2cccc(S(=O)(=O)O)c21. The number of anilines is 2. The monoisotopic (exact) mass is 712 g/mol. The molecule has 8 N–H and O–H groups in total. The van der Waals surface area contributed by atoms with E-state index in [-0.39, 0.29) is 22.3 Å². The summed E-state index contributed by atoms with van der Waals surface area (Å²) in [4.78, 5) is 21.6. The van der Waals surface area contributed by atoms with Gasteiger partial charge in [-0.05, 0) is 35.9 Å². The fraction of sp³-hybridized carbons (Fsp3) is 0. The van der Waals surface area contributed by atoms with Crippen molar-refractivity contribution in [2.24, 2.45) is 0 Å². The standard InChI is InChI=1S/C14H8O8S2.C12H12N2O6S2/c15-13-7-3-1-5-9(23(17,18)19)11(7)14(16)8-4-2-6-10(12(8)13)24(20,21)22;13-8-3-1-7(2-4-8)9-5-6-10(14)12(22(18,19)20)11(9)21(15,16)17/h1-6H,(H,17,18,19)(H,20,21,22);1-6H,13-14H2,(H,15,16,17)(H,18,19,20). The van der Waals surface area contributed by atoms with Gasteiger partial charge in [0.25, 0.3) is 40.5 Å². The summed E-state index contributed by atoms with van der Waals surface area (Å²) in [5.41, 5.74) is 9.18. The molecule has 0 radical (unpaired) electrons. The molecule has 0 saturated carbocycles. The van der Waals surface area contributed by atoms with E-state index in [0.717, 1.165) is 42.5 Å². The quantitative estimate of drug-likeness (QED) is 0.112. The lowest BCUT2D eigenvalue weighted by atomic mass is 9.84. The summed E-state index contributed by atoms with van der Waals surface area (Å²) in [6.07, 6.45) is 0. The molecule has 4 aromatic carbocycles. The summed E-state index contributed by atoms with van der Waals surface area (Å²) in [7, 11) is -19.5. The largest absolute Gasteiger partial charge is 0.399 e. The first kappa shape index (κ1) is 34.3. The number of carbonyl (C=O) groups excluding carboxylic acids is 2. The van der Waals surface area contributed by atoms with Gasteiger partial charge < -0.3 is 11.5 Å². The molecule has 1 aliphatic rings. The van der Waals surface area contributed by atoms with Crippen molar-refractivity contribution >= 4 is 63.4 Å². The van der Waals surface area contributed by atoms with Gasteiger partial charge >= 0.3 is 0 Å². The molecule has 0 saturated heterocycles. The Balaban J connectivity index is 0.000000210. The number of fused-ring (bicyclic) bond motifs is 2. The van der Waals surface area contributed by atoms with Crippen LogP contribution in [0.15, 0.2) is 92.4 Å². The van der Waals surface area contributed by atoms with Crippen molar-refractivity contribution in [1.29, 1.82) is 0 Å². The van der Waals surface area contributed by atoms with Crippen molar-refractivity contribution < 1.29 is 61.5 Å². The predicted octanol–water partition coefficient (Wildman–Crippen LogP) is 1.97. The Kier molecular flexibility index (Phi) is 8.71. The van der Waals surface area contributed by atoms with Crippen LogP contribution >= 0.6 is 0 Å². The smallest absolute Gasteiger partial charge is 0.298 e. The first-order chi connectivity index (χ1) is 21.0.